The second-order valence-corrected chi connectivity index (χ2v) is 5.33. The topological polar surface area (TPSA) is 38.0 Å². The van der Waals surface area contributed by atoms with Gasteiger partial charge in [0, 0.05) is 7.05 Å². The number of aliphatic hydroxyl groups is 1. The van der Waals surface area contributed by atoms with Crippen molar-refractivity contribution in [2.75, 3.05) is 0 Å². The largest absolute Gasteiger partial charge is 0.382 e. The lowest BCUT2D eigenvalue weighted by atomic mass is 9.99. The first-order valence-electron chi connectivity index (χ1n) is 6.01. The van der Waals surface area contributed by atoms with Crippen LogP contribution in [-0.2, 0) is 7.05 Å². The van der Waals surface area contributed by atoms with Crippen molar-refractivity contribution in [3.05, 3.63) is 64.4 Å². The van der Waals surface area contributed by atoms with E-state index in [1.54, 1.807) is 10.9 Å². The zero-order valence-corrected chi connectivity index (χ0v) is 12.0. The van der Waals surface area contributed by atoms with Crippen LogP contribution in [0.3, 0.4) is 0 Å². The van der Waals surface area contributed by atoms with Crippen LogP contribution in [0.5, 0.6) is 0 Å². The molecule has 96 valence electrons. The van der Waals surface area contributed by atoms with Gasteiger partial charge in [-0.1, -0.05) is 42.5 Å². The molecule has 0 aliphatic carbocycles. The highest BCUT2D eigenvalue weighted by atomic mass is 79.9. The highest BCUT2D eigenvalue weighted by Crippen LogP contribution is 2.32. The molecule has 1 N–H and O–H groups in total. The fraction of sp³-hybridized carbons (Fsp3) is 0.133. The number of aryl methyl sites for hydroxylation is 1. The Morgan fingerprint density at radius 3 is 2.63 bits per heavy atom. The predicted molar refractivity (Wildman–Crippen MR) is 78.9 cm³/mol. The van der Waals surface area contributed by atoms with Crippen LogP contribution in [0.4, 0.5) is 0 Å². The standard InChI is InChI=1S/C15H13BrN2O/c1-18-14(13(16)9-17-18)15(19)12-8-4-6-10-5-2-3-7-11(10)12/h2-9,15,19H,1H3. The number of benzene rings is 2. The highest BCUT2D eigenvalue weighted by molar-refractivity contribution is 9.10. The average molecular weight is 317 g/mol. The summed E-state index contributed by atoms with van der Waals surface area (Å²) >= 11 is 3.44. The lowest BCUT2D eigenvalue weighted by Crippen LogP contribution is -2.07. The van der Waals surface area contributed by atoms with Gasteiger partial charge in [-0.15, -0.1) is 0 Å². The number of hydrogen-bond acceptors (Lipinski definition) is 2. The van der Waals surface area contributed by atoms with E-state index in [0.29, 0.717) is 0 Å². The van der Waals surface area contributed by atoms with Gasteiger partial charge in [-0.3, -0.25) is 4.68 Å². The molecule has 1 heterocycles. The molecule has 1 unspecified atom stereocenters. The first kappa shape index (κ1) is 12.4. The van der Waals surface area contributed by atoms with E-state index in [-0.39, 0.29) is 0 Å². The van der Waals surface area contributed by atoms with E-state index in [9.17, 15) is 5.11 Å². The second kappa shape index (κ2) is 4.79. The summed E-state index contributed by atoms with van der Waals surface area (Å²) in [6.07, 6.45) is 0.997. The van der Waals surface area contributed by atoms with Gasteiger partial charge in [0.2, 0.25) is 0 Å². The molecule has 0 aliphatic rings. The molecule has 4 heteroatoms. The molecule has 0 radical (unpaired) electrons. The summed E-state index contributed by atoms with van der Waals surface area (Å²) < 4.78 is 2.51. The van der Waals surface area contributed by atoms with E-state index in [2.05, 4.69) is 21.0 Å². The Balaban J connectivity index is 2.20. The lowest BCUT2D eigenvalue weighted by molar-refractivity contribution is 0.210. The van der Waals surface area contributed by atoms with E-state index in [4.69, 9.17) is 0 Å². The van der Waals surface area contributed by atoms with Crippen LogP contribution in [0, 0.1) is 0 Å². The third-order valence-corrected chi connectivity index (χ3v) is 3.93. The van der Waals surface area contributed by atoms with Crippen LogP contribution in [0.25, 0.3) is 10.8 Å². The lowest BCUT2D eigenvalue weighted by Gasteiger charge is -2.15. The molecule has 0 spiro atoms. The maximum atomic E-state index is 10.6. The summed E-state index contributed by atoms with van der Waals surface area (Å²) in [6.45, 7) is 0. The zero-order valence-electron chi connectivity index (χ0n) is 10.4. The Morgan fingerprint density at radius 2 is 1.89 bits per heavy atom. The number of nitrogens with zero attached hydrogens (tertiary/aromatic N) is 2. The van der Waals surface area contributed by atoms with Crippen LogP contribution in [0.15, 0.2) is 53.1 Å². The highest BCUT2D eigenvalue weighted by Gasteiger charge is 2.19. The molecule has 3 nitrogen and oxygen atoms in total. The van der Waals surface area contributed by atoms with Crippen molar-refractivity contribution in [3.63, 3.8) is 0 Å². The van der Waals surface area contributed by atoms with Crippen LogP contribution >= 0.6 is 15.9 Å². The third kappa shape index (κ3) is 2.07. The van der Waals surface area contributed by atoms with E-state index < -0.39 is 6.10 Å². The summed E-state index contributed by atoms with van der Waals surface area (Å²) in [5, 5.41) is 17.0. The van der Waals surface area contributed by atoms with Gasteiger partial charge in [0.25, 0.3) is 0 Å². The van der Waals surface area contributed by atoms with Crippen LogP contribution in [0.2, 0.25) is 0 Å². The van der Waals surface area contributed by atoms with Crippen LogP contribution < -0.4 is 0 Å². The van der Waals surface area contributed by atoms with Gasteiger partial charge in [-0.25, -0.2) is 0 Å². The molecule has 1 atom stereocenters. The molecule has 3 rings (SSSR count). The number of hydrogen-bond donors (Lipinski definition) is 1. The Bertz CT molecular complexity index is 711. The molecule has 2 aromatic carbocycles. The average Bonchev–Trinajstić information content (AvgIpc) is 2.77. The summed E-state index contributed by atoms with van der Waals surface area (Å²) in [4.78, 5) is 0. The van der Waals surface area contributed by atoms with Gasteiger partial charge in [0.1, 0.15) is 6.10 Å². The number of aromatic nitrogens is 2. The molecule has 0 bridgehead atoms. The van der Waals surface area contributed by atoms with Crippen molar-refractivity contribution in [3.8, 4) is 0 Å². The van der Waals surface area contributed by atoms with Gasteiger partial charge in [0.15, 0.2) is 0 Å². The smallest absolute Gasteiger partial charge is 0.122 e. The quantitative estimate of drug-likeness (QED) is 0.786. The maximum Gasteiger partial charge on any atom is 0.122 e. The van der Waals surface area contributed by atoms with Gasteiger partial charge in [0.05, 0.1) is 16.4 Å². The molecule has 1 aromatic heterocycles. The number of rotatable bonds is 2. The molecule has 19 heavy (non-hydrogen) atoms. The van der Waals surface area contributed by atoms with Crippen LogP contribution in [-0.4, -0.2) is 14.9 Å². The SMILES string of the molecule is Cn1ncc(Br)c1C(O)c1cccc2ccccc12. The Morgan fingerprint density at radius 1 is 1.16 bits per heavy atom. The molecule has 0 saturated heterocycles. The van der Waals surface area contributed by atoms with Crippen molar-refractivity contribution in [1.29, 1.82) is 0 Å². The summed E-state index contributed by atoms with van der Waals surface area (Å²) in [7, 11) is 1.83. The molecule has 0 amide bonds. The Kier molecular flexibility index (Phi) is 3.12. The summed E-state index contributed by atoms with van der Waals surface area (Å²) in [6, 6.07) is 14.0. The maximum absolute atomic E-state index is 10.6. The van der Waals surface area contributed by atoms with Gasteiger partial charge >= 0.3 is 0 Å². The molecular formula is C15H13BrN2O. The molecule has 3 aromatic rings. The number of halogens is 1. The summed E-state index contributed by atoms with van der Waals surface area (Å²) in [5.41, 5.74) is 1.65. The van der Waals surface area contributed by atoms with Crippen molar-refractivity contribution in [1.82, 2.24) is 9.78 Å². The Labute approximate surface area is 119 Å². The van der Waals surface area contributed by atoms with Crippen molar-refractivity contribution in [2.24, 2.45) is 7.05 Å². The van der Waals surface area contributed by atoms with E-state index in [1.165, 1.54) is 0 Å². The molecular weight excluding hydrogens is 304 g/mol. The van der Waals surface area contributed by atoms with E-state index in [0.717, 1.165) is 26.5 Å². The minimum Gasteiger partial charge on any atom is -0.382 e. The fourth-order valence-electron chi connectivity index (χ4n) is 2.36. The fourth-order valence-corrected chi connectivity index (χ4v) is 2.93. The molecule has 0 aliphatic heterocycles. The normalized spacial score (nSPS) is 12.8. The van der Waals surface area contributed by atoms with Crippen molar-refractivity contribution >= 4 is 26.7 Å². The van der Waals surface area contributed by atoms with Crippen molar-refractivity contribution < 1.29 is 5.11 Å². The number of aliphatic hydroxyl groups excluding tert-OH is 1. The second-order valence-electron chi connectivity index (χ2n) is 4.47. The third-order valence-electron chi connectivity index (χ3n) is 3.31. The first-order valence-corrected chi connectivity index (χ1v) is 6.81. The van der Waals surface area contributed by atoms with Gasteiger partial charge in [-0.05, 0) is 32.3 Å². The zero-order chi connectivity index (χ0) is 13.4. The minimum absolute atomic E-state index is 0.701. The van der Waals surface area contributed by atoms with Gasteiger partial charge < -0.3 is 5.11 Å². The first-order chi connectivity index (χ1) is 9.18. The van der Waals surface area contributed by atoms with E-state index >= 15 is 0 Å². The minimum atomic E-state index is -0.701. The monoisotopic (exact) mass is 316 g/mol. The van der Waals surface area contributed by atoms with Gasteiger partial charge in [-0.2, -0.15) is 5.10 Å². The van der Waals surface area contributed by atoms with E-state index in [1.807, 2.05) is 49.5 Å². The summed E-state index contributed by atoms with van der Waals surface area (Å²) in [5.74, 6) is 0. The van der Waals surface area contributed by atoms with Crippen molar-refractivity contribution in [2.45, 2.75) is 6.10 Å². The van der Waals surface area contributed by atoms with Crippen LogP contribution in [0.1, 0.15) is 17.4 Å². The predicted octanol–water partition coefficient (Wildman–Crippen LogP) is 3.42. The number of fused-ring (bicyclic) bond motifs is 1. The molecule has 0 saturated carbocycles. The Hall–Kier alpha value is -1.65. The molecule has 0 fully saturated rings.